The topological polar surface area (TPSA) is 24.9 Å². The fraction of sp³-hybridized carbons (Fsp3) is 0.643. The summed E-state index contributed by atoms with van der Waals surface area (Å²) in [6, 6.07) is 4.17. The average molecular weight is 253 g/mol. The van der Waals surface area contributed by atoms with E-state index in [2.05, 4.69) is 17.2 Å². The lowest BCUT2D eigenvalue weighted by Gasteiger charge is -2.30. The van der Waals surface area contributed by atoms with Crippen molar-refractivity contribution in [1.29, 1.82) is 0 Å². The Labute approximate surface area is 109 Å². The van der Waals surface area contributed by atoms with Crippen LogP contribution < -0.4 is 5.32 Å². The molecule has 0 aromatic carbocycles. The van der Waals surface area contributed by atoms with E-state index in [1.54, 1.807) is 0 Å². The second-order valence-corrected chi connectivity index (χ2v) is 5.21. The third-order valence-corrected chi connectivity index (χ3v) is 3.95. The van der Waals surface area contributed by atoms with Gasteiger partial charge in [-0.1, -0.05) is 37.8 Å². The minimum absolute atomic E-state index is 0.328. The van der Waals surface area contributed by atoms with Gasteiger partial charge < -0.3 is 5.32 Å². The standard InChI is InChI=1S/C14H21ClN2/c1-2-16-13(11-7-4-3-5-8-11)14-12(15)9-6-10-17-14/h6,9-11,13,16H,2-5,7-8H2,1H3. The fourth-order valence-corrected chi connectivity index (χ4v) is 3.04. The van der Waals surface area contributed by atoms with Gasteiger partial charge in [0.2, 0.25) is 0 Å². The van der Waals surface area contributed by atoms with Crippen LogP contribution in [0.1, 0.15) is 50.8 Å². The van der Waals surface area contributed by atoms with Crippen LogP contribution in [0.4, 0.5) is 0 Å². The van der Waals surface area contributed by atoms with Crippen molar-refractivity contribution in [2.24, 2.45) is 5.92 Å². The Bertz CT molecular complexity index is 348. The van der Waals surface area contributed by atoms with Crippen LogP contribution in [0, 0.1) is 5.92 Å². The Morgan fingerprint density at radius 2 is 2.18 bits per heavy atom. The third-order valence-electron chi connectivity index (χ3n) is 3.63. The lowest BCUT2D eigenvalue weighted by Crippen LogP contribution is -2.30. The summed E-state index contributed by atoms with van der Waals surface area (Å²) in [6.07, 6.45) is 8.50. The predicted octanol–water partition coefficient (Wildman–Crippen LogP) is 3.97. The molecule has 1 aromatic heterocycles. The van der Waals surface area contributed by atoms with Gasteiger partial charge in [-0.3, -0.25) is 4.98 Å². The van der Waals surface area contributed by atoms with E-state index in [1.165, 1.54) is 32.1 Å². The second kappa shape index (κ2) is 6.36. The van der Waals surface area contributed by atoms with Gasteiger partial charge in [-0.05, 0) is 37.4 Å². The first-order valence-electron chi connectivity index (χ1n) is 6.66. The summed E-state index contributed by atoms with van der Waals surface area (Å²) < 4.78 is 0. The number of rotatable bonds is 4. The molecule has 0 saturated heterocycles. The number of halogens is 1. The summed E-state index contributed by atoms with van der Waals surface area (Å²) in [5, 5.41) is 4.36. The molecule has 0 spiro atoms. The Balaban J connectivity index is 2.18. The van der Waals surface area contributed by atoms with Crippen molar-refractivity contribution in [3.05, 3.63) is 29.0 Å². The molecule has 1 unspecified atom stereocenters. The summed E-state index contributed by atoms with van der Waals surface area (Å²) in [5.74, 6) is 0.691. The average Bonchev–Trinajstić information content (AvgIpc) is 2.38. The van der Waals surface area contributed by atoms with Crippen LogP contribution in [0.15, 0.2) is 18.3 Å². The molecule has 1 atom stereocenters. The minimum atomic E-state index is 0.328. The van der Waals surface area contributed by atoms with Gasteiger partial charge in [-0.2, -0.15) is 0 Å². The molecule has 0 radical (unpaired) electrons. The molecule has 2 nitrogen and oxygen atoms in total. The van der Waals surface area contributed by atoms with Gasteiger partial charge in [0.15, 0.2) is 0 Å². The highest BCUT2D eigenvalue weighted by molar-refractivity contribution is 6.31. The SMILES string of the molecule is CCNC(c1ncccc1Cl)C1CCCCC1. The fourth-order valence-electron chi connectivity index (χ4n) is 2.80. The number of aromatic nitrogens is 1. The quantitative estimate of drug-likeness (QED) is 0.877. The zero-order valence-electron chi connectivity index (χ0n) is 10.5. The van der Waals surface area contributed by atoms with Crippen LogP contribution in [0.5, 0.6) is 0 Å². The minimum Gasteiger partial charge on any atom is -0.309 e. The van der Waals surface area contributed by atoms with Crippen molar-refractivity contribution in [3.63, 3.8) is 0 Å². The first-order valence-corrected chi connectivity index (χ1v) is 7.04. The summed E-state index contributed by atoms with van der Waals surface area (Å²) in [7, 11) is 0. The molecular weight excluding hydrogens is 232 g/mol. The van der Waals surface area contributed by atoms with Crippen molar-refractivity contribution in [2.75, 3.05) is 6.54 Å². The van der Waals surface area contributed by atoms with E-state index >= 15 is 0 Å². The normalized spacial score (nSPS) is 19.2. The number of hydrogen-bond acceptors (Lipinski definition) is 2. The molecular formula is C14H21ClN2. The van der Waals surface area contributed by atoms with E-state index in [-0.39, 0.29) is 0 Å². The first kappa shape index (κ1) is 12.8. The van der Waals surface area contributed by atoms with Crippen LogP contribution in [0.25, 0.3) is 0 Å². The summed E-state index contributed by atoms with van der Waals surface area (Å²) in [5.41, 5.74) is 1.03. The number of nitrogens with one attached hydrogen (secondary N) is 1. The smallest absolute Gasteiger partial charge is 0.0761 e. The van der Waals surface area contributed by atoms with Crippen LogP contribution >= 0.6 is 11.6 Å². The predicted molar refractivity (Wildman–Crippen MR) is 72.2 cm³/mol. The number of hydrogen-bond donors (Lipinski definition) is 1. The van der Waals surface area contributed by atoms with Crippen molar-refractivity contribution in [1.82, 2.24) is 10.3 Å². The molecule has 3 heteroatoms. The van der Waals surface area contributed by atoms with Gasteiger partial charge in [0.1, 0.15) is 0 Å². The lowest BCUT2D eigenvalue weighted by atomic mass is 9.82. The Kier molecular flexibility index (Phi) is 4.81. The molecule has 0 amide bonds. The molecule has 0 aliphatic heterocycles. The largest absolute Gasteiger partial charge is 0.309 e. The molecule has 1 aliphatic carbocycles. The molecule has 17 heavy (non-hydrogen) atoms. The molecule has 1 fully saturated rings. The van der Waals surface area contributed by atoms with Crippen molar-refractivity contribution in [3.8, 4) is 0 Å². The first-order chi connectivity index (χ1) is 8.33. The molecule has 2 rings (SSSR count). The molecule has 0 bridgehead atoms. The van der Waals surface area contributed by atoms with E-state index in [9.17, 15) is 0 Å². The van der Waals surface area contributed by atoms with E-state index in [0.717, 1.165) is 17.3 Å². The van der Waals surface area contributed by atoms with Crippen molar-refractivity contribution >= 4 is 11.6 Å². The number of nitrogens with zero attached hydrogens (tertiary/aromatic N) is 1. The zero-order chi connectivity index (χ0) is 12.1. The molecule has 94 valence electrons. The van der Waals surface area contributed by atoms with Crippen molar-refractivity contribution in [2.45, 2.75) is 45.1 Å². The maximum Gasteiger partial charge on any atom is 0.0761 e. The highest BCUT2D eigenvalue weighted by Crippen LogP contribution is 2.35. The third kappa shape index (κ3) is 3.20. The van der Waals surface area contributed by atoms with E-state index in [4.69, 9.17) is 11.6 Å². The maximum absolute atomic E-state index is 6.27. The Hall–Kier alpha value is -0.600. The number of pyridine rings is 1. The molecule has 1 aliphatic rings. The molecule has 1 saturated carbocycles. The van der Waals surface area contributed by atoms with Gasteiger partial charge in [-0.15, -0.1) is 0 Å². The van der Waals surface area contributed by atoms with Crippen LogP contribution in [-0.4, -0.2) is 11.5 Å². The molecule has 1 heterocycles. The van der Waals surface area contributed by atoms with E-state index < -0.39 is 0 Å². The monoisotopic (exact) mass is 252 g/mol. The van der Waals surface area contributed by atoms with Crippen molar-refractivity contribution < 1.29 is 0 Å². The van der Waals surface area contributed by atoms with Gasteiger partial charge in [0.05, 0.1) is 16.8 Å². The van der Waals surface area contributed by atoms with E-state index in [1.807, 2.05) is 18.3 Å². The maximum atomic E-state index is 6.27. The summed E-state index contributed by atoms with van der Waals surface area (Å²) in [6.45, 7) is 3.11. The van der Waals surface area contributed by atoms with Crippen LogP contribution in [0.3, 0.4) is 0 Å². The van der Waals surface area contributed by atoms with Crippen LogP contribution in [0.2, 0.25) is 5.02 Å². The summed E-state index contributed by atoms with van der Waals surface area (Å²) in [4.78, 5) is 4.48. The van der Waals surface area contributed by atoms with Gasteiger partial charge >= 0.3 is 0 Å². The molecule has 1 aromatic rings. The molecule has 1 N–H and O–H groups in total. The summed E-state index contributed by atoms with van der Waals surface area (Å²) >= 11 is 6.27. The van der Waals surface area contributed by atoms with Gasteiger partial charge in [-0.25, -0.2) is 0 Å². The van der Waals surface area contributed by atoms with Gasteiger partial charge in [0, 0.05) is 6.20 Å². The second-order valence-electron chi connectivity index (χ2n) is 4.80. The zero-order valence-corrected chi connectivity index (χ0v) is 11.2. The Morgan fingerprint density at radius 1 is 1.41 bits per heavy atom. The highest BCUT2D eigenvalue weighted by atomic mass is 35.5. The Morgan fingerprint density at radius 3 is 2.82 bits per heavy atom. The van der Waals surface area contributed by atoms with Gasteiger partial charge in [0.25, 0.3) is 0 Å². The van der Waals surface area contributed by atoms with Crippen LogP contribution in [-0.2, 0) is 0 Å². The van der Waals surface area contributed by atoms with E-state index in [0.29, 0.717) is 12.0 Å². The highest BCUT2D eigenvalue weighted by Gasteiger charge is 2.26. The lowest BCUT2D eigenvalue weighted by molar-refractivity contribution is 0.270.